The van der Waals surface area contributed by atoms with Crippen molar-refractivity contribution in [2.45, 2.75) is 6.92 Å². The average Bonchev–Trinajstić information content (AvgIpc) is 2.99. The molecule has 1 heterocycles. The first-order valence-corrected chi connectivity index (χ1v) is 7.34. The first-order valence-electron chi connectivity index (χ1n) is 7.34. The van der Waals surface area contributed by atoms with Gasteiger partial charge in [0.25, 0.3) is 0 Å². The Morgan fingerprint density at radius 3 is 2.14 bits per heavy atom. The summed E-state index contributed by atoms with van der Waals surface area (Å²) >= 11 is 0. The van der Waals surface area contributed by atoms with Crippen LogP contribution in [0.4, 0.5) is 0 Å². The van der Waals surface area contributed by atoms with Crippen molar-refractivity contribution in [3.8, 4) is 11.4 Å². The zero-order valence-electron chi connectivity index (χ0n) is 12.2. The van der Waals surface area contributed by atoms with Gasteiger partial charge in [0.05, 0.1) is 12.3 Å². The Kier molecular flexibility index (Phi) is 3.00. The SMILES string of the molecule is CCOc1ccc(-n2nc3ccccc3n2)c2ccccc12. The molecule has 4 rings (SSSR count). The van der Waals surface area contributed by atoms with Gasteiger partial charge in [-0.15, -0.1) is 15.0 Å². The number of hydrogen-bond acceptors (Lipinski definition) is 3. The van der Waals surface area contributed by atoms with Gasteiger partial charge in [0.1, 0.15) is 16.8 Å². The third-order valence-corrected chi connectivity index (χ3v) is 3.66. The summed E-state index contributed by atoms with van der Waals surface area (Å²) in [5.41, 5.74) is 2.73. The zero-order chi connectivity index (χ0) is 14.9. The van der Waals surface area contributed by atoms with Crippen molar-refractivity contribution in [1.82, 2.24) is 15.0 Å². The highest BCUT2D eigenvalue weighted by molar-refractivity contribution is 5.94. The highest BCUT2D eigenvalue weighted by Gasteiger charge is 2.10. The van der Waals surface area contributed by atoms with Crippen LogP contribution in [0, 0.1) is 0 Å². The molecule has 1 aromatic heterocycles. The lowest BCUT2D eigenvalue weighted by molar-refractivity contribution is 0.344. The molecule has 3 aromatic carbocycles. The van der Waals surface area contributed by atoms with Crippen molar-refractivity contribution in [3.05, 3.63) is 60.7 Å². The van der Waals surface area contributed by atoms with E-state index in [-0.39, 0.29) is 0 Å². The maximum Gasteiger partial charge on any atom is 0.127 e. The largest absolute Gasteiger partial charge is 0.493 e. The summed E-state index contributed by atoms with van der Waals surface area (Å²) in [7, 11) is 0. The maximum absolute atomic E-state index is 5.72. The molecule has 0 spiro atoms. The minimum absolute atomic E-state index is 0.646. The first kappa shape index (κ1) is 12.8. The minimum Gasteiger partial charge on any atom is -0.493 e. The molecular formula is C18H15N3O. The number of benzene rings is 3. The van der Waals surface area contributed by atoms with Crippen molar-refractivity contribution in [1.29, 1.82) is 0 Å². The summed E-state index contributed by atoms with van der Waals surface area (Å²) in [4.78, 5) is 1.70. The van der Waals surface area contributed by atoms with E-state index in [0.29, 0.717) is 6.61 Å². The van der Waals surface area contributed by atoms with Crippen LogP contribution in [0.5, 0.6) is 5.75 Å². The third kappa shape index (κ3) is 2.00. The predicted octanol–water partition coefficient (Wildman–Crippen LogP) is 3.97. The first-order chi connectivity index (χ1) is 10.9. The van der Waals surface area contributed by atoms with Crippen molar-refractivity contribution < 1.29 is 4.74 Å². The Morgan fingerprint density at radius 2 is 1.45 bits per heavy atom. The Morgan fingerprint density at radius 1 is 0.818 bits per heavy atom. The molecule has 4 nitrogen and oxygen atoms in total. The number of ether oxygens (including phenoxy) is 1. The molecule has 108 valence electrons. The van der Waals surface area contributed by atoms with Gasteiger partial charge in [-0.1, -0.05) is 36.4 Å². The van der Waals surface area contributed by atoms with Crippen molar-refractivity contribution in [3.63, 3.8) is 0 Å². The van der Waals surface area contributed by atoms with E-state index < -0.39 is 0 Å². The molecule has 0 saturated carbocycles. The van der Waals surface area contributed by atoms with E-state index >= 15 is 0 Å². The van der Waals surface area contributed by atoms with Crippen LogP contribution in [0.3, 0.4) is 0 Å². The maximum atomic E-state index is 5.72. The lowest BCUT2D eigenvalue weighted by atomic mass is 10.1. The molecule has 0 unspecified atom stereocenters. The molecule has 0 radical (unpaired) electrons. The molecule has 0 aliphatic carbocycles. The molecule has 0 saturated heterocycles. The number of hydrogen-bond donors (Lipinski definition) is 0. The lowest BCUT2D eigenvalue weighted by Gasteiger charge is -2.10. The van der Waals surface area contributed by atoms with E-state index in [0.717, 1.165) is 33.2 Å². The average molecular weight is 289 g/mol. The zero-order valence-corrected chi connectivity index (χ0v) is 12.2. The van der Waals surface area contributed by atoms with Gasteiger partial charge in [-0.3, -0.25) is 0 Å². The molecule has 0 aliphatic rings. The Labute approximate surface area is 127 Å². The van der Waals surface area contributed by atoms with Crippen LogP contribution >= 0.6 is 0 Å². The van der Waals surface area contributed by atoms with Gasteiger partial charge < -0.3 is 4.74 Å². The van der Waals surface area contributed by atoms with Crippen molar-refractivity contribution in [2.75, 3.05) is 6.61 Å². The fourth-order valence-electron chi connectivity index (χ4n) is 2.68. The van der Waals surface area contributed by atoms with Gasteiger partial charge in [0, 0.05) is 10.8 Å². The second kappa shape index (κ2) is 5.15. The molecule has 0 aliphatic heterocycles. The standard InChI is InChI=1S/C18H15N3O/c1-2-22-18-12-11-17(13-7-3-4-8-14(13)18)21-19-15-9-5-6-10-16(15)20-21/h3-12H,2H2,1H3. The van der Waals surface area contributed by atoms with Gasteiger partial charge in [-0.2, -0.15) is 0 Å². The van der Waals surface area contributed by atoms with Crippen LogP contribution in [0.1, 0.15) is 6.92 Å². The molecule has 0 atom stereocenters. The minimum atomic E-state index is 0.646. The van der Waals surface area contributed by atoms with Crippen LogP contribution in [-0.4, -0.2) is 21.6 Å². The highest BCUT2D eigenvalue weighted by atomic mass is 16.5. The number of aromatic nitrogens is 3. The molecular weight excluding hydrogens is 274 g/mol. The second-order valence-electron chi connectivity index (χ2n) is 5.04. The van der Waals surface area contributed by atoms with Crippen LogP contribution in [0.25, 0.3) is 27.5 Å². The van der Waals surface area contributed by atoms with Crippen LogP contribution in [0.2, 0.25) is 0 Å². The van der Waals surface area contributed by atoms with E-state index in [1.54, 1.807) is 4.80 Å². The van der Waals surface area contributed by atoms with Gasteiger partial charge >= 0.3 is 0 Å². The summed E-state index contributed by atoms with van der Waals surface area (Å²) in [6.07, 6.45) is 0. The Bertz CT molecular complexity index is 926. The smallest absolute Gasteiger partial charge is 0.127 e. The molecule has 4 aromatic rings. The number of rotatable bonds is 3. The summed E-state index contributed by atoms with van der Waals surface area (Å²) in [5.74, 6) is 0.888. The third-order valence-electron chi connectivity index (χ3n) is 3.66. The quantitative estimate of drug-likeness (QED) is 0.573. The lowest BCUT2D eigenvalue weighted by Crippen LogP contribution is -2.01. The van der Waals surface area contributed by atoms with E-state index in [9.17, 15) is 0 Å². The van der Waals surface area contributed by atoms with E-state index in [2.05, 4.69) is 22.3 Å². The van der Waals surface area contributed by atoms with Crippen LogP contribution in [0.15, 0.2) is 60.7 Å². The van der Waals surface area contributed by atoms with Crippen molar-refractivity contribution >= 4 is 21.8 Å². The summed E-state index contributed by atoms with van der Waals surface area (Å²) in [5, 5.41) is 11.3. The highest BCUT2D eigenvalue weighted by Crippen LogP contribution is 2.30. The molecule has 0 amide bonds. The molecule has 4 heteroatoms. The molecule has 0 N–H and O–H groups in total. The van der Waals surface area contributed by atoms with Gasteiger partial charge in [-0.05, 0) is 31.2 Å². The van der Waals surface area contributed by atoms with Crippen molar-refractivity contribution in [2.24, 2.45) is 0 Å². The van der Waals surface area contributed by atoms with Gasteiger partial charge in [-0.25, -0.2) is 0 Å². The normalized spacial score (nSPS) is 11.1. The van der Waals surface area contributed by atoms with Crippen LogP contribution in [-0.2, 0) is 0 Å². The van der Waals surface area contributed by atoms with E-state index in [1.165, 1.54) is 0 Å². The topological polar surface area (TPSA) is 39.9 Å². The van der Waals surface area contributed by atoms with Gasteiger partial charge in [0.2, 0.25) is 0 Å². The Hall–Kier alpha value is -2.88. The summed E-state index contributed by atoms with van der Waals surface area (Å²) in [6.45, 7) is 2.64. The predicted molar refractivity (Wildman–Crippen MR) is 87.5 cm³/mol. The monoisotopic (exact) mass is 289 g/mol. The molecule has 0 bridgehead atoms. The fourth-order valence-corrected chi connectivity index (χ4v) is 2.68. The number of nitrogens with zero attached hydrogens (tertiary/aromatic N) is 3. The number of fused-ring (bicyclic) bond motifs is 2. The summed E-state index contributed by atoms with van der Waals surface area (Å²) in [6, 6.07) is 20.0. The van der Waals surface area contributed by atoms with E-state index in [1.807, 2.05) is 55.5 Å². The Balaban J connectivity index is 1.97. The molecule has 22 heavy (non-hydrogen) atoms. The van der Waals surface area contributed by atoms with E-state index in [4.69, 9.17) is 4.74 Å². The van der Waals surface area contributed by atoms with Gasteiger partial charge in [0.15, 0.2) is 0 Å². The van der Waals surface area contributed by atoms with Crippen LogP contribution < -0.4 is 4.74 Å². The molecule has 0 fully saturated rings. The second-order valence-corrected chi connectivity index (χ2v) is 5.04. The summed E-state index contributed by atoms with van der Waals surface area (Å²) < 4.78 is 5.72. The fraction of sp³-hybridized carbons (Fsp3) is 0.111.